The Labute approximate surface area is 90.1 Å². The van der Waals surface area contributed by atoms with Gasteiger partial charge in [-0.25, -0.2) is 0 Å². The van der Waals surface area contributed by atoms with Gasteiger partial charge in [0.2, 0.25) is 5.91 Å². The van der Waals surface area contributed by atoms with Crippen LogP contribution in [-0.2, 0) is 4.79 Å². The molecule has 1 N–H and O–H groups in total. The smallest absolute Gasteiger partial charge is 0.226 e. The molecule has 0 aromatic heterocycles. The van der Waals surface area contributed by atoms with Crippen LogP contribution < -0.4 is 10.2 Å². The number of benzene rings is 1. The molecular weight excluding hydrogens is 188 g/mol. The Hall–Kier alpha value is -1.51. The van der Waals surface area contributed by atoms with E-state index in [2.05, 4.69) is 23.2 Å². The Morgan fingerprint density at radius 3 is 3.00 bits per heavy atom. The number of amides is 1. The van der Waals surface area contributed by atoms with E-state index in [1.54, 1.807) is 0 Å². The highest BCUT2D eigenvalue weighted by Crippen LogP contribution is 2.28. The lowest BCUT2D eigenvalue weighted by Gasteiger charge is -2.23. The lowest BCUT2D eigenvalue weighted by atomic mass is 10.2. The number of hydrogen-bond acceptors (Lipinski definition) is 2. The van der Waals surface area contributed by atoms with Crippen LogP contribution in [0.4, 0.5) is 11.4 Å². The number of para-hydroxylation sites is 2. The zero-order valence-electron chi connectivity index (χ0n) is 8.99. The van der Waals surface area contributed by atoms with Gasteiger partial charge in [-0.05, 0) is 18.6 Å². The maximum Gasteiger partial charge on any atom is 0.226 e. The monoisotopic (exact) mass is 204 g/mol. The van der Waals surface area contributed by atoms with Gasteiger partial charge < -0.3 is 10.2 Å². The molecule has 0 aliphatic carbocycles. The standard InChI is InChI=1S/C12H16N2O/c1-2-8-14-9-7-12(15)13-10-5-3-4-6-11(10)14/h3-6H,2,7-9H2,1H3,(H,13,15). The van der Waals surface area contributed by atoms with Crippen molar-refractivity contribution >= 4 is 17.3 Å². The summed E-state index contributed by atoms with van der Waals surface area (Å²) in [5, 5.41) is 2.93. The van der Waals surface area contributed by atoms with E-state index in [0.29, 0.717) is 6.42 Å². The molecule has 80 valence electrons. The number of nitrogens with zero attached hydrogens (tertiary/aromatic N) is 1. The van der Waals surface area contributed by atoms with Gasteiger partial charge in [-0.2, -0.15) is 0 Å². The van der Waals surface area contributed by atoms with Crippen molar-refractivity contribution in [3.05, 3.63) is 24.3 Å². The topological polar surface area (TPSA) is 32.3 Å². The molecule has 1 aliphatic heterocycles. The molecule has 0 radical (unpaired) electrons. The van der Waals surface area contributed by atoms with Crippen molar-refractivity contribution in [1.82, 2.24) is 0 Å². The third-order valence-electron chi connectivity index (χ3n) is 2.62. The Morgan fingerprint density at radius 2 is 2.20 bits per heavy atom. The third-order valence-corrected chi connectivity index (χ3v) is 2.62. The quantitative estimate of drug-likeness (QED) is 0.801. The normalized spacial score (nSPS) is 15.5. The number of carbonyl (C=O) groups is 1. The first-order valence-electron chi connectivity index (χ1n) is 5.45. The minimum Gasteiger partial charge on any atom is -0.369 e. The molecule has 0 atom stereocenters. The van der Waals surface area contributed by atoms with E-state index in [9.17, 15) is 4.79 Å². The average Bonchev–Trinajstić information content (AvgIpc) is 2.39. The van der Waals surface area contributed by atoms with Crippen LogP contribution in [-0.4, -0.2) is 19.0 Å². The molecule has 0 bridgehead atoms. The zero-order valence-corrected chi connectivity index (χ0v) is 8.99. The van der Waals surface area contributed by atoms with Crippen LogP contribution in [0.2, 0.25) is 0 Å². The van der Waals surface area contributed by atoms with Crippen molar-refractivity contribution in [3.8, 4) is 0 Å². The predicted octanol–water partition coefficient (Wildman–Crippen LogP) is 2.25. The summed E-state index contributed by atoms with van der Waals surface area (Å²) in [5.74, 6) is 0.112. The zero-order chi connectivity index (χ0) is 10.7. The molecule has 0 saturated carbocycles. The summed E-state index contributed by atoms with van der Waals surface area (Å²) in [7, 11) is 0. The summed E-state index contributed by atoms with van der Waals surface area (Å²) in [4.78, 5) is 13.7. The molecule has 0 spiro atoms. The lowest BCUT2D eigenvalue weighted by molar-refractivity contribution is -0.115. The molecular formula is C12H16N2O. The fourth-order valence-electron chi connectivity index (χ4n) is 1.93. The number of hydrogen-bond donors (Lipinski definition) is 1. The van der Waals surface area contributed by atoms with Crippen molar-refractivity contribution in [1.29, 1.82) is 0 Å². The molecule has 0 unspecified atom stereocenters. The minimum absolute atomic E-state index is 0.112. The summed E-state index contributed by atoms with van der Waals surface area (Å²) < 4.78 is 0. The van der Waals surface area contributed by atoms with Crippen LogP contribution in [0.1, 0.15) is 19.8 Å². The summed E-state index contributed by atoms with van der Waals surface area (Å²) in [6, 6.07) is 7.99. The molecule has 1 aromatic rings. The highest BCUT2D eigenvalue weighted by atomic mass is 16.1. The van der Waals surface area contributed by atoms with Crippen molar-refractivity contribution in [2.24, 2.45) is 0 Å². The number of nitrogens with one attached hydrogen (secondary N) is 1. The van der Waals surface area contributed by atoms with Crippen LogP contribution in [0.15, 0.2) is 24.3 Å². The van der Waals surface area contributed by atoms with E-state index in [0.717, 1.165) is 30.9 Å². The van der Waals surface area contributed by atoms with Gasteiger partial charge in [-0.1, -0.05) is 19.1 Å². The van der Waals surface area contributed by atoms with Crippen molar-refractivity contribution < 1.29 is 4.79 Å². The van der Waals surface area contributed by atoms with Gasteiger partial charge in [0.05, 0.1) is 11.4 Å². The molecule has 1 heterocycles. The SMILES string of the molecule is CCCN1CCC(=O)Nc2ccccc21. The minimum atomic E-state index is 0.112. The van der Waals surface area contributed by atoms with Crippen LogP contribution in [0.25, 0.3) is 0 Å². The second-order valence-electron chi connectivity index (χ2n) is 3.80. The number of anilines is 2. The van der Waals surface area contributed by atoms with Gasteiger partial charge in [0, 0.05) is 19.5 Å². The maximum atomic E-state index is 11.5. The molecule has 1 aliphatic rings. The van der Waals surface area contributed by atoms with Gasteiger partial charge in [-0.15, -0.1) is 0 Å². The van der Waals surface area contributed by atoms with Crippen LogP contribution in [0, 0.1) is 0 Å². The first-order valence-corrected chi connectivity index (χ1v) is 5.45. The molecule has 15 heavy (non-hydrogen) atoms. The first kappa shape index (κ1) is 10.0. The number of fused-ring (bicyclic) bond motifs is 1. The van der Waals surface area contributed by atoms with E-state index >= 15 is 0 Å². The maximum absolute atomic E-state index is 11.5. The van der Waals surface area contributed by atoms with E-state index in [1.165, 1.54) is 0 Å². The van der Waals surface area contributed by atoms with Gasteiger partial charge in [0.25, 0.3) is 0 Å². The summed E-state index contributed by atoms with van der Waals surface area (Å²) in [5.41, 5.74) is 2.08. The molecule has 1 amide bonds. The van der Waals surface area contributed by atoms with Crippen LogP contribution in [0.3, 0.4) is 0 Å². The van der Waals surface area contributed by atoms with Gasteiger partial charge >= 0.3 is 0 Å². The molecule has 0 fully saturated rings. The average molecular weight is 204 g/mol. The molecule has 3 heteroatoms. The Bertz CT molecular complexity index is 362. The highest BCUT2D eigenvalue weighted by Gasteiger charge is 2.17. The number of carbonyl (C=O) groups excluding carboxylic acids is 1. The van der Waals surface area contributed by atoms with Crippen molar-refractivity contribution in [2.75, 3.05) is 23.3 Å². The van der Waals surface area contributed by atoms with E-state index in [-0.39, 0.29) is 5.91 Å². The van der Waals surface area contributed by atoms with Crippen LogP contribution in [0.5, 0.6) is 0 Å². The Morgan fingerprint density at radius 1 is 1.40 bits per heavy atom. The van der Waals surface area contributed by atoms with Gasteiger partial charge in [-0.3, -0.25) is 4.79 Å². The number of rotatable bonds is 2. The Kier molecular flexibility index (Phi) is 2.90. The van der Waals surface area contributed by atoms with E-state index in [1.807, 2.05) is 18.2 Å². The van der Waals surface area contributed by atoms with Crippen molar-refractivity contribution in [3.63, 3.8) is 0 Å². The summed E-state index contributed by atoms with van der Waals surface area (Å²) in [6.45, 7) is 3.98. The largest absolute Gasteiger partial charge is 0.369 e. The van der Waals surface area contributed by atoms with Crippen molar-refractivity contribution in [2.45, 2.75) is 19.8 Å². The summed E-state index contributed by atoms with van der Waals surface area (Å²) >= 11 is 0. The Balaban J connectivity index is 2.33. The predicted molar refractivity (Wildman–Crippen MR) is 62.2 cm³/mol. The lowest BCUT2D eigenvalue weighted by Crippen LogP contribution is -2.25. The second-order valence-corrected chi connectivity index (χ2v) is 3.80. The van der Waals surface area contributed by atoms with Crippen LogP contribution >= 0.6 is 0 Å². The highest BCUT2D eigenvalue weighted by molar-refractivity contribution is 5.96. The fourth-order valence-corrected chi connectivity index (χ4v) is 1.93. The fraction of sp³-hybridized carbons (Fsp3) is 0.417. The third kappa shape index (κ3) is 2.12. The van der Waals surface area contributed by atoms with Gasteiger partial charge in [0.15, 0.2) is 0 Å². The molecule has 0 saturated heterocycles. The molecule has 3 nitrogen and oxygen atoms in total. The van der Waals surface area contributed by atoms with Gasteiger partial charge in [0.1, 0.15) is 0 Å². The molecule has 2 rings (SSSR count). The summed E-state index contributed by atoms with van der Waals surface area (Å²) in [6.07, 6.45) is 1.68. The second kappa shape index (κ2) is 4.34. The van der Waals surface area contributed by atoms with E-state index < -0.39 is 0 Å². The first-order chi connectivity index (χ1) is 7.31. The van der Waals surface area contributed by atoms with E-state index in [4.69, 9.17) is 0 Å². The molecule has 1 aromatic carbocycles.